The van der Waals surface area contributed by atoms with Crippen molar-refractivity contribution in [1.29, 1.82) is 0 Å². The smallest absolute Gasteiger partial charge is 0.257 e. The maximum Gasteiger partial charge on any atom is 0.257 e. The van der Waals surface area contributed by atoms with Crippen molar-refractivity contribution < 1.29 is 14.4 Å². The summed E-state index contributed by atoms with van der Waals surface area (Å²) in [5.41, 5.74) is 1.30. The van der Waals surface area contributed by atoms with Gasteiger partial charge in [-0.15, -0.1) is 11.3 Å². The molecule has 9 heteroatoms. The zero-order valence-electron chi connectivity index (χ0n) is 19.9. The molecule has 2 aromatic heterocycles. The Morgan fingerprint density at radius 2 is 1.83 bits per heavy atom. The number of rotatable bonds is 9. The van der Waals surface area contributed by atoms with Gasteiger partial charge in [-0.05, 0) is 55.6 Å². The minimum Gasteiger partial charge on any atom is -0.362 e. The van der Waals surface area contributed by atoms with E-state index in [0.29, 0.717) is 35.8 Å². The van der Waals surface area contributed by atoms with Gasteiger partial charge in [0.2, 0.25) is 11.8 Å². The highest BCUT2D eigenvalue weighted by Gasteiger charge is 2.30. The van der Waals surface area contributed by atoms with Crippen molar-refractivity contribution in [2.24, 2.45) is 0 Å². The molecule has 182 valence electrons. The van der Waals surface area contributed by atoms with Crippen LogP contribution in [0.25, 0.3) is 0 Å². The molecule has 0 fully saturated rings. The second-order valence-electron chi connectivity index (χ2n) is 8.08. The van der Waals surface area contributed by atoms with Crippen molar-refractivity contribution in [3.63, 3.8) is 0 Å². The van der Waals surface area contributed by atoms with E-state index in [4.69, 9.17) is 0 Å². The fraction of sp³-hybridized carbons (Fsp3) is 0.308. The van der Waals surface area contributed by atoms with E-state index in [9.17, 15) is 14.4 Å². The van der Waals surface area contributed by atoms with Gasteiger partial charge in [-0.25, -0.2) is 4.98 Å². The van der Waals surface area contributed by atoms with Crippen LogP contribution in [0.4, 0.5) is 22.2 Å². The van der Waals surface area contributed by atoms with Gasteiger partial charge >= 0.3 is 0 Å². The number of thiophene rings is 1. The second-order valence-corrected chi connectivity index (χ2v) is 9.01. The number of para-hydroxylation sites is 1. The van der Waals surface area contributed by atoms with E-state index in [2.05, 4.69) is 28.2 Å². The van der Waals surface area contributed by atoms with Crippen LogP contribution in [0.15, 0.2) is 60.1 Å². The Kier molecular flexibility index (Phi) is 7.77. The summed E-state index contributed by atoms with van der Waals surface area (Å²) in [5.74, 6) is -0.302. The first-order valence-electron chi connectivity index (χ1n) is 11.8. The predicted octanol–water partition coefficient (Wildman–Crippen LogP) is 4.53. The molecule has 0 saturated carbocycles. The fourth-order valence-electron chi connectivity index (χ4n) is 4.15. The van der Waals surface area contributed by atoms with Gasteiger partial charge in [-0.3, -0.25) is 19.3 Å². The number of pyridine rings is 1. The third kappa shape index (κ3) is 5.35. The average molecular weight is 492 g/mol. The lowest BCUT2D eigenvalue weighted by Crippen LogP contribution is -2.39. The summed E-state index contributed by atoms with van der Waals surface area (Å²) in [6, 6.07) is 14.4. The van der Waals surface area contributed by atoms with Crippen LogP contribution >= 0.6 is 11.3 Å². The van der Waals surface area contributed by atoms with Crippen LogP contribution in [0, 0.1) is 0 Å². The first-order valence-corrected chi connectivity index (χ1v) is 12.7. The number of nitrogens with zero attached hydrogens (tertiary/aromatic N) is 4. The highest BCUT2D eigenvalue weighted by atomic mass is 32.1. The minimum atomic E-state index is -0.301. The number of aromatic nitrogens is 1. The summed E-state index contributed by atoms with van der Waals surface area (Å²) in [6.07, 6.45) is 1.67. The van der Waals surface area contributed by atoms with E-state index in [0.717, 1.165) is 13.1 Å². The lowest BCUT2D eigenvalue weighted by Gasteiger charge is -2.27. The topological polar surface area (TPSA) is 85.9 Å². The van der Waals surface area contributed by atoms with Gasteiger partial charge in [-0.1, -0.05) is 12.1 Å². The zero-order valence-corrected chi connectivity index (χ0v) is 20.8. The maximum atomic E-state index is 13.4. The third-order valence-corrected chi connectivity index (χ3v) is 6.94. The van der Waals surface area contributed by atoms with Crippen LogP contribution in [-0.2, 0) is 9.59 Å². The monoisotopic (exact) mass is 491 g/mol. The van der Waals surface area contributed by atoms with Gasteiger partial charge < -0.3 is 15.1 Å². The van der Waals surface area contributed by atoms with E-state index in [1.54, 1.807) is 58.8 Å². The number of carbonyl (C=O) groups excluding carboxylic acids is 3. The summed E-state index contributed by atoms with van der Waals surface area (Å²) >= 11 is 1.68. The van der Waals surface area contributed by atoms with Gasteiger partial charge in [0, 0.05) is 45.2 Å². The molecule has 8 nitrogen and oxygen atoms in total. The first-order chi connectivity index (χ1) is 17.0. The number of anilines is 4. The molecule has 0 aliphatic carbocycles. The van der Waals surface area contributed by atoms with Gasteiger partial charge in [0.05, 0.1) is 21.9 Å². The first kappa shape index (κ1) is 24.4. The predicted molar refractivity (Wildman–Crippen MR) is 139 cm³/mol. The van der Waals surface area contributed by atoms with Gasteiger partial charge in [0.15, 0.2) is 5.82 Å². The highest BCUT2D eigenvalue weighted by Crippen LogP contribution is 2.36. The van der Waals surface area contributed by atoms with Gasteiger partial charge in [0.25, 0.3) is 5.91 Å². The Bertz CT molecular complexity index is 1200. The zero-order chi connectivity index (χ0) is 24.8. The lowest BCUT2D eigenvalue weighted by molar-refractivity contribution is -0.132. The number of hydrogen-bond acceptors (Lipinski definition) is 6. The largest absolute Gasteiger partial charge is 0.362 e. The number of nitrogens with one attached hydrogen (secondary N) is 1. The quantitative estimate of drug-likeness (QED) is 0.475. The van der Waals surface area contributed by atoms with Crippen LogP contribution in [0.3, 0.4) is 0 Å². The number of carbonyl (C=O) groups is 3. The van der Waals surface area contributed by atoms with Crippen LogP contribution in [-0.4, -0.2) is 53.8 Å². The highest BCUT2D eigenvalue weighted by molar-refractivity contribution is 7.14. The van der Waals surface area contributed by atoms with Crippen molar-refractivity contribution >= 4 is 51.3 Å². The molecular formula is C26H29N5O3S. The van der Waals surface area contributed by atoms with Crippen LogP contribution < -0.4 is 15.1 Å². The molecule has 1 aromatic carbocycles. The molecule has 0 bridgehead atoms. The number of likely N-dealkylation sites (N-methyl/N-ethyl adjacent to an activating group) is 2. The summed E-state index contributed by atoms with van der Waals surface area (Å²) in [5, 5.41) is 6.05. The SMILES string of the molecule is CCN(CCN(CC)c1cccs1)C(=O)CCC(=O)N1c2ccccc2C(=O)Nc2cccnc21. The summed E-state index contributed by atoms with van der Waals surface area (Å²) in [6.45, 7) is 6.80. The summed E-state index contributed by atoms with van der Waals surface area (Å²) < 4.78 is 0. The fourth-order valence-corrected chi connectivity index (χ4v) is 4.97. The standard InChI is InChI=1S/C26H29N5O3S/c1-3-29(16-17-30(4-2)24-12-8-18-35-24)22(32)13-14-23(33)31-21-11-6-5-9-19(21)26(34)28-20-10-7-15-27-25(20)31/h5-12,15,18H,3-4,13-14,16-17H2,1-2H3,(H,28,34). The molecule has 1 N–H and O–H groups in total. The average Bonchev–Trinajstić information content (AvgIpc) is 3.37. The molecule has 4 rings (SSSR count). The molecule has 0 spiro atoms. The molecular weight excluding hydrogens is 462 g/mol. The molecule has 35 heavy (non-hydrogen) atoms. The number of fused-ring (bicyclic) bond motifs is 2. The molecule has 0 atom stereocenters. The Morgan fingerprint density at radius 1 is 1.00 bits per heavy atom. The van der Waals surface area contributed by atoms with E-state index in [1.807, 2.05) is 18.4 Å². The maximum absolute atomic E-state index is 13.4. The normalized spacial score (nSPS) is 12.3. The Balaban J connectivity index is 1.46. The Morgan fingerprint density at radius 3 is 2.57 bits per heavy atom. The summed E-state index contributed by atoms with van der Waals surface area (Å²) in [4.78, 5) is 49.0. The van der Waals surface area contributed by atoms with Crippen LogP contribution in [0.2, 0.25) is 0 Å². The van der Waals surface area contributed by atoms with E-state index < -0.39 is 0 Å². The van der Waals surface area contributed by atoms with E-state index >= 15 is 0 Å². The summed E-state index contributed by atoms with van der Waals surface area (Å²) in [7, 11) is 0. The molecule has 3 amide bonds. The molecule has 3 aromatic rings. The Hall–Kier alpha value is -3.72. The molecule has 0 radical (unpaired) electrons. The second kappa shape index (κ2) is 11.1. The van der Waals surface area contributed by atoms with Crippen LogP contribution in [0.1, 0.15) is 37.0 Å². The lowest BCUT2D eigenvalue weighted by atomic mass is 10.1. The third-order valence-electron chi connectivity index (χ3n) is 6.01. The molecule has 1 aliphatic heterocycles. The van der Waals surface area contributed by atoms with Crippen molar-refractivity contribution in [3.8, 4) is 0 Å². The van der Waals surface area contributed by atoms with Gasteiger partial charge in [-0.2, -0.15) is 0 Å². The van der Waals surface area contributed by atoms with E-state index in [-0.39, 0.29) is 30.6 Å². The van der Waals surface area contributed by atoms with Crippen molar-refractivity contribution in [2.45, 2.75) is 26.7 Å². The molecule has 0 unspecified atom stereocenters. The molecule has 3 heterocycles. The van der Waals surface area contributed by atoms with Crippen molar-refractivity contribution in [2.75, 3.05) is 41.3 Å². The number of benzene rings is 1. The van der Waals surface area contributed by atoms with E-state index in [1.165, 1.54) is 9.90 Å². The van der Waals surface area contributed by atoms with Crippen LogP contribution in [0.5, 0.6) is 0 Å². The van der Waals surface area contributed by atoms with Gasteiger partial charge in [0.1, 0.15) is 0 Å². The minimum absolute atomic E-state index is 0.0102. The number of hydrogen-bond donors (Lipinski definition) is 1. The van der Waals surface area contributed by atoms with Crippen molar-refractivity contribution in [3.05, 3.63) is 65.7 Å². The Labute approximate surface area is 209 Å². The van der Waals surface area contributed by atoms with Crippen molar-refractivity contribution in [1.82, 2.24) is 9.88 Å². The molecule has 0 saturated heterocycles. The number of amides is 3. The molecule has 1 aliphatic rings.